The number of nitrogens with zero attached hydrogens (tertiary/aromatic N) is 1. The first kappa shape index (κ1) is 15.8. The standard InChI is InChI=1S/C18H34N2O/c1-4-19-15-8-9-18(2,3)12-14(15)13-20-10-11-21-17-7-5-6-16(17)20/h14-17,19H,4-13H2,1-3H3. The van der Waals surface area contributed by atoms with Gasteiger partial charge in [-0.1, -0.05) is 20.8 Å². The molecule has 4 atom stereocenters. The smallest absolute Gasteiger partial charge is 0.0730 e. The van der Waals surface area contributed by atoms with Crippen molar-refractivity contribution in [2.75, 3.05) is 26.2 Å². The van der Waals surface area contributed by atoms with Gasteiger partial charge in [0.15, 0.2) is 0 Å². The minimum atomic E-state index is 0.526. The molecule has 1 aliphatic heterocycles. The largest absolute Gasteiger partial charge is 0.375 e. The predicted octanol–water partition coefficient (Wildman–Crippen LogP) is 3.04. The molecule has 3 nitrogen and oxygen atoms in total. The first-order valence-corrected chi connectivity index (χ1v) is 9.18. The maximum atomic E-state index is 5.98. The second kappa shape index (κ2) is 6.55. The summed E-state index contributed by atoms with van der Waals surface area (Å²) in [5, 5.41) is 3.76. The summed E-state index contributed by atoms with van der Waals surface area (Å²) in [7, 11) is 0. The fourth-order valence-corrected chi connectivity index (χ4v) is 4.99. The van der Waals surface area contributed by atoms with E-state index in [1.54, 1.807) is 0 Å². The molecule has 0 amide bonds. The molecule has 21 heavy (non-hydrogen) atoms. The van der Waals surface area contributed by atoms with E-state index in [0.29, 0.717) is 17.6 Å². The van der Waals surface area contributed by atoms with Gasteiger partial charge in [0, 0.05) is 25.2 Å². The van der Waals surface area contributed by atoms with Crippen LogP contribution >= 0.6 is 0 Å². The van der Waals surface area contributed by atoms with Gasteiger partial charge in [-0.05, 0) is 56.4 Å². The van der Waals surface area contributed by atoms with E-state index < -0.39 is 0 Å². The highest BCUT2D eigenvalue weighted by molar-refractivity contribution is 4.94. The average molecular weight is 294 g/mol. The Morgan fingerprint density at radius 1 is 1.24 bits per heavy atom. The summed E-state index contributed by atoms with van der Waals surface area (Å²) in [5.74, 6) is 0.813. The van der Waals surface area contributed by atoms with E-state index in [-0.39, 0.29) is 0 Å². The third-order valence-corrected chi connectivity index (χ3v) is 6.05. The summed E-state index contributed by atoms with van der Waals surface area (Å²) >= 11 is 0. The highest BCUT2D eigenvalue weighted by Crippen LogP contribution is 2.40. The first-order chi connectivity index (χ1) is 10.1. The van der Waals surface area contributed by atoms with Crippen LogP contribution in [0.15, 0.2) is 0 Å². The molecule has 1 N–H and O–H groups in total. The fraction of sp³-hybridized carbons (Fsp3) is 1.00. The third kappa shape index (κ3) is 3.62. The van der Waals surface area contributed by atoms with Crippen LogP contribution in [0.25, 0.3) is 0 Å². The Morgan fingerprint density at radius 2 is 2.10 bits per heavy atom. The predicted molar refractivity (Wildman–Crippen MR) is 87.5 cm³/mol. The zero-order chi connectivity index (χ0) is 14.9. The van der Waals surface area contributed by atoms with E-state index in [1.807, 2.05) is 0 Å². The lowest BCUT2D eigenvalue weighted by Crippen LogP contribution is -2.54. The van der Waals surface area contributed by atoms with Crippen LogP contribution in [0.5, 0.6) is 0 Å². The zero-order valence-electron chi connectivity index (χ0n) is 14.2. The summed E-state index contributed by atoms with van der Waals surface area (Å²) in [5.41, 5.74) is 0.526. The maximum Gasteiger partial charge on any atom is 0.0730 e. The van der Waals surface area contributed by atoms with Crippen molar-refractivity contribution in [3.63, 3.8) is 0 Å². The highest BCUT2D eigenvalue weighted by atomic mass is 16.5. The van der Waals surface area contributed by atoms with Crippen LogP contribution in [0, 0.1) is 11.3 Å². The van der Waals surface area contributed by atoms with E-state index >= 15 is 0 Å². The average Bonchev–Trinajstić information content (AvgIpc) is 2.91. The first-order valence-electron chi connectivity index (χ1n) is 9.18. The summed E-state index contributed by atoms with van der Waals surface area (Å²) in [6, 6.07) is 1.44. The molecular formula is C18H34N2O. The molecule has 0 aromatic heterocycles. The second-order valence-corrected chi connectivity index (χ2v) is 8.23. The van der Waals surface area contributed by atoms with Gasteiger partial charge in [0.25, 0.3) is 0 Å². The fourth-order valence-electron chi connectivity index (χ4n) is 4.99. The quantitative estimate of drug-likeness (QED) is 0.862. The molecule has 1 saturated heterocycles. The summed E-state index contributed by atoms with van der Waals surface area (Å²) in [4.78, 5) is 2.78. The SMILES string of the molecule is CCNC1CCC(C)(C)CC1CN1CCOC2CCCC21. The van der Waals surface area contributed by atoms with Crippen molar-refractivity contribution in [2.24, 2.45) is 11.3 Å². The molecule has 3 rings (SSSR count). The Labute approximate surface area is 130 Å². The summed E-state index contributed by atoms with van der Waals surface area (Å²) in [6.07, 6.45) is 8.63. The molecule has 1 heterocycles. The summed E-state index contributed by atoms with van der Waals surface area (Å²) in [6.45, 7) is 11.7. The van der Waals surface area contributed by atoms with Crippen molar-refractivity contribution in [3.05, 3.63) is 0 Å². The third-order valence-electron chi connectivity index (χ3n) is 6.05. The van der Waals surface area contributed by atoms with Crippen LogP contribution in [0.2, 0.25) is 0 Å². The van der Waals surface area contributed by atoms with Crippen LogP contribution in [0.1, 0.15) is 59.3 Å². The van der Waals surface area contributed by atoms with Crippen molar-refractivity contribution >= 4 is 0 Å². The highest BCUT2D eigenvalue weighted by Gasteiger charge is 2.40. The number of ether oxygens (including phenoxy) is 1. The molecule has 0 bridgehead atoms. The number of morpholine rings is 1. The van der Waals surface area contributed by atoms with Crippen molar-refractivity contribution < 1.29 is 4.74 Å². The minimum absolute atomic E-state index is 0.526. The van der Waals surface area contributed by atoms with Crippen LogP contribution < -0.4 is 5.32 Å². The molecular weight excluding hydrogens is 260 g/mol. The van der Waals surface area contributed by atoms with Gasteiger partial charge in [-0.3, -0.25) is 4.90 Å². The van der Waals surface area contributed by atoms with E-state index in [9.17, 15) is 0 Å². The lowest BCUT2D eigenvalue weighted by molar-refractivity contribution is -0.0659. The zero-order valence-corrected chi connectivity index (χ0v) is 14.2. The van der Waals surface area contributed by atoms with E-state index in [0.717, 1.165) is 31.7 Å². The Hall–Kier alpha value is -0.120. The van der Waals surface area contributed by atoms with E-state index in [2.05, 4.69) is 31.0 Å². The molecule has 2 aliphatic carbocycles. The second-order valence-electron chi connectivity index (χ2n) is 8.23. The van der Waals surface area contributed by atoms with Crippen molar-refractivity contribution in [3.8, 4) is 0 Å². The number of fused-ring (bicyclic) bond motifs is 1. The molecule has 3 aliphatic rings. The van der Waals surface area contributed by atoms with Gasteiger partial charge < -0.3 is 10.1 Å². The van der Waals surface area contributed by atoms with Crippen LogP contribution in [0.4, 0.5) is 0 Å². The van der Waals surface area contributed by atoms with Gasteiger partial charge in [-0.2, -0.15) is 0 Å². The number of hydrogen-bond donors (Lipinski definition) is 1. The molecule has 0 spiro atoms. The van der Waals surface area contributed by atoms with Gasteiger partial charge in [0.2, 0.25) is 0 Å². The molecule has 0 aromatic carbocycles. The van der Waals surface area contributed by atoms with Crippen LogP contribution in [0.3, 0.4) is 0 Å². The number of nitrogens with one attached hydrogen (secondary N) is 1. The molecule has 0 radical (unpaired) electrons. The monoisotopic (exact) mass is 294 g/mol. The van der Waals surface area contributed by atoms with Crippen molar-refractivity contribution in [1.29, 1.82) is 0 Å². The molecule has 2 saturated carbocycles. The Morgan fingerprint density at radius 3 is 2.90 bits per heavy atom. The van der Waals surface area contributed by atoms with Gasteiger partial charge in [0.1, 0.15) is 0 Å². The van der Waals surface area contributed by atoms with Gasteiger partial charge >= 0.3 is 0 Å². The normalized spacial score (nSPS) is 40.1. The molecule has 3 fully saturated rings. The van der Waals surface area contributed by atoms with Crippen molar-refractivity contribution in [1.82, 2.24) is 10.2 Å². The lowest BCUT2D eigenvalue weighted by Gasteiger charge is -2.46. The van der Waals surface area contributed by atoms with Crippen LogP contribution in [-0.2, 0) is 4.74 Å². The molecule has 0 aromatic rings. The molecule has 4 unspecified atom stereocenters. The van der Waals surface area contributed by atoms with Crippen molar-refractivity contribution in [2.45, 2.75) is 77.5 Å². The Bertz CT molecular complexity index is 344. The van der Waals surface area contributed by atoms with Gasteiger partial charge in [-0.25, -0.2) is 0 Å². The van der Waals surface area contributed by atoms with Crippen LogP contribution in [-0.4, -0.2) is 49.3 Å². The van der Waals surface area contributed by atoms with E-state index in [4.69, 9.17) is 4.74 Å². The van der Waals surface area contributed by atoms with Gasteiger partial charge in [0.05, 0.1) is 12.7 Å². The minimum Gasteiger partial charge on any atom is -0.375 e. The van der Waals surface area contributed by atoms with Gasteiger partial charge in [-0.15, -0.1) is 0 Å². The Balaban J connectivity index is 1.65. The Kier molecular flexibility index (Phi) is 4.92. The summed E-state index contributed by atoms with van der Waals surface area (Å²) < 4.78 is 5.98. The lowest BCUT2D eigenvalue weighted by atomic mass is 9.69. The van der Waals surface area contributed by atoms with E-state index in [1.165, 1.54) is 45.1 Å². The molecule has 122 valence electrons. The maximum absolute atomic E-state index is 5.98. The number of rotatable bonds is 4. The molecule has 3 heteroatoms. The number of hydrogen-bond acceptors (Lipinski definition) is 3. The topological polar surface area (TPSA) is 24.5 Å².